The van der Waals surface area contributed by atoms with Crippen molar-refractivity contribution in [3.8, 4) is 5.75 Å². The average Bonchev–Trinajstić information content (AvgIpc) is 2.39. The lowest BCUT2D eigenvalue weighted by Crippen LogP contribution is -2.32. The molecule has 1 aromatic carbocycles. The van der Waals surface area contributed by atoms with E-state index in [1.165, 1.54) is 26.0 Å². The van der Waals surface area contributed by atoms with E-state index in [1.807, 2.05) is 0 Å². The van der Waals surface area contributed by atoms with Crippen molar-refractivity contribution in [3.05, 3.63) is 28.8 Å². The molecule has 1 aromatic rings. The summed E-state index contributed by atoms with van der Waals surface area (Å²) in [6.45, 7) is 2.98. The number of aromatic hydroxyl groups is 1. The van der Waals surface area contributed by atoms with Crippen LogP contribution in [0.1, 0.15) is 34.5 Å². The zero-order valence-electron chi connectivity index (χ0n) is 11.1. The van der Waals surface area contributed by atoms with Gasteiger partial charge in [-0.05, 0) is 25.5 Å². The van der Waals surface area contributed by atoms with Gasteiger partial charge in [0.2, 0.25) is 6.17 Å². The van der Waals surface area contributed by atoms with E-state index >= 15 is 0 Å². The highest BCUT2D eigenvalue weighted by Crippen LogP contribution is 2.33. The monoisotopic (exact) mass is 285 g/mol. The van der Waals surface area contributed by atoms with E-state index < -0.39 is 29.9 Å². The van der Waals surface area contributed by atoms with Crippen molar-refractivity contribution in [1.29, 1.82) is 0 Å². The second-order valence-corrected chi connectivity index (χ2v) is 4.18. The SMILES string of the molecule is CCOC(=O)C(F)[C@H](N)c1c(C(=O)O)ccc(C)c1O. The minimum atomic E-state index is -2.26. The fourth-order valence-corrected chi connectivity index (χ4v) is 1.76. The highest BCUT2D eigenvalue weighted by molar-refractivity contribution is 5.91. The third-order valence-electron chi connectivity index (χ3n) is 2.81. The van der Waals surface area contributed by atoms with E-state index in [0.29, 0.717) is 5.56 Å². The standard InChI is InChI=1S/C13H16FNO5/c1-3-20-13(19)9(14)10(15)8-7(12(17)18)5-4-6(2)11(8)16/h4-5,9-10,16H,3,15H2,1-2H3,(H,17,18)/t9?,10-/m1/s1. The highest BCUT2D eigenvalue weighted by Gasteiger charge is 2.33. The van der Waals surface area contributed by atoms with Crippen LogP contribution in [0.25, 0.3) is 0 Å². The third kappa shape index (κ3) is 3.05. The molecule has 0 aliphatic rings. The summed E-state index contributed by atoms with van der Waals surface area (Å²) in [5, 5.41) is 18.9. The van der Waals surface area contributed by atoms with E-state index in [1.54, 1.807) is 0 Å². The van der Waals surface area contributed by atoms with E-state index in [4.69, 9.17) is 10.8 Å². The smallest absolute Gasteiger partial charge is 0.342 e. The Labute approximate surface area is 115 Å². The third-order valence-corrected chi connectivity index (χ3v) is 2.81. The summed E-state index contributed by atoms with van der Waals surface area (Å²) in [4.78, 5) is 22.4. The number of nitrogens with two attached hydrogens (primary N) is 1. The molecule has 2 atom stereocenters. The second-order valence-electron chi connectivity index (χ2n) is 4.18. The Morgan fingerprint density at radius 1 is 1.45 bits per heavy atom. The number of alkyl halides is 1. The van der Waals surface area contributed by atoms with E-state index in [-0.39, 0.29) is 17.7 Å². The maximum Gasteiger partial charge on any atom is 0.342 e. The summed E-state index contributed by atoms with van der Waals surface area (Å²) in [7, 11) is 0. The predicted octanol–water partition coefficient (Wildman–Crippen LogP) is 1.30. The summed E-state index contributed by atoms with van der Waals surface area (Å²) in [6, 6.07) is 0.942. The van der Waals surface area contributed by atoms with Gasteiger partial charge in [-0.3, -0.25) is 0 Å². The summed E-state index contributed by atoms with van der Waals surface area (Å²) < 4.78 is 18.4. The molecule has 4 N–H and O–H groups in total. The second kappa shape index (κ2) is 6.33. The van der Waals surface area contributed by atoms with Gasteiger partial charge in [0.25, 0.3) is 0 Å². The van der Waals surface area contributed by atoms with Crippen LogP contribution in [0.15, 0.2) is 12.1 Å². The molecule has 1 unspecified atom stereocenters. The van der Waals surface area contributed by atoms with Crippen LogP contribution in [0, 0.1) is 6.92 Å². The zero-order chi connectivity index (χ0) is 15.4. The molecule has 20 heavy (non-hydrogen) atoms. The Hall–Kier alpha value is -2.15. The molecule has 110 valence electrons. The van der Waals surface area contributed by atoms with Crippen LogP contribution in [-0.4, -0.2) is 34.9 Å². The number of carboxylic acid groups (broad SMARTS) is 1. The normalized spacial score (nSPS) is 13.6. The van der Waals surface area contributed by atoms with Gasteiger partial charge in [-0.15, -0.1) is 0 Å². The summed E-state index contributed by atoms with van der Waals surface area (Å²) in [5.74, 6) is -3.01. The molecule has 0 aromatic heterocycles. The molecule has 0 radical (unpaired) electrons. The number of benzene rings is 1. The molecule has 0 aliphatic carbocycles. The van der Waals surface area contributed by atoms with Gasteiger partial charge in [0.05, 0.1) is 18.2 Å². The molecule has 0 saturated heterocycles. The topological polar surface area (TPSA) is 110 Å². The first-order valence-electron chi connectivity index (χ1n) is 5.93. The van der Waals surface area contributed by atoms with Crippen LogP contribution in [0.2, 0.25) is 0 Å². The maximum absolute atomic E-state index is 13.9. The van der Waals surface area contributed by atoms with Gasteiger partial charge in [0, 0.05) is 5.56 Å². The van der Waals surface area contributed by atoms with Gasteiger partial charge in [-0.1, -0.05) is 6.07 Å². The molecule has 1 rings (SSSR count). The molecule has 0 fully saturated rings. The predicted molar refractivity (Wildman–Crippen MR) is 68.3 cm³/mol. The Morgan fingerprint density at radius 3 is 2.55 bits per heavy atom. The zero-order valence-corrected chi connectivity index (χ0v) is 11.1. The number of rotatable bonds is 5. The number of halogens is 1. The number of aryl methyl sites for hydroxylation is 1. The minimum Gasteiger partial charge on any atom is -0.507 e. The van der Waals surface area contributed by atoms with Gasteiger partial charge in [-0.25, -0.2) is 14.0 Å². The molecular weight excluding hydrogens is 269 g/mol. The van der Waals surface area contributed by atoms with Crippen molar-refractivity contribution < 1.29 is 28.9 Å². The highest BCUT2D eigenvalue weighted by atomic mass is 19.1. The molecule has 0 heterocycles. The Bertz CT molecular complexity index is 532. The van der Waals surface area contributed by atoms with Crippen LogP contribution in [0.5, 0.6) is 5.75 Å². The number of carboxylic acids is 1. The Kier molecular flexibility index (Phi) is 5.04. The van der Waals surface area contributed by atoms with Crippen molar-refractivity contribution in [2.24, 2.45) is 5.73 Å². The van der Waals surface area contributed by atoms with E-state index in [0.717, 1.165) is 0 Å². The lowest BCUT2D eigenvalue weighted by atomic mass is 9.94. The molecule has 0 spiro atoms. The van der Waals surface area contributed by atoms with Gasteiger partial charge in [0.1, 0.15) is 5.75 Å². The fraction of sp³-hybridized carbons (Fsp3) is 0.385. The first-order chi connectivity index (χ1) is 9.31. The first kappa shape index (κ1) is 15.9. The lowest BCUT2D eigenvalue weighted by Gasteiger charge is -2.19. The number of hydrogen-bond acceptors (Lipinski definition) is 5. The van der Waals surface area contributed by atoms with Crippen LogP contribution in [0.4, 0.5) is 4.39 Å². The molecule has 0 amide bonds. The van der Waals surface area contributed by atoms with Crippen molar-refractivity contribution in [2.75, 3.05) is 6.61 Å². The van der Waals surface area contributed by atoms with Crippen LogP contribution >= 0.6 is 0 Å². The quantitative estimate of drug-likeness (QED) is 0.703. The number of phenolic OH excluding ortho intramolecular Hbond substituents is 1. The summed E-state index contributed by atoms with van der Waals surface area (Å²) in [6.07, 6.45) is -2.26. The maximum atomic E-state index is 13.9. The number of aromatic carboxylic acids is 1. The largest absolute Gasteiger partial charge is 0.507 e. The van der Waals surface area contributed by atoms with Crippen molar-refractivity contribution in [2.45, 2.75) is 26.1 Å². The number of carbonyl (C=O) groups is 2. The Morgan fingerprint density at radius 2 is 2.05 bits per heavy atom. The molecule has 0 aliphatic heterocycles. The van der Waals surface area contributed by atoms with Gasteiger partial charge in [0.15, 0.2) is 0 Å². The molecule has 0 bridgehead atoms. The van der Waals surface area contributed by atoms with Gasteiger partial charge < -0.3 is 20.7 Å². The number of carbonyl (C=O) groups excluding carboxylic acids is 1. The average molecular weight is 285 g/mol. The molecule has 7 heteroatoms. The molecular formula is C13H16FNO5. The fourth-order valence-electron chi connectivity index (χ4n) is 1.76. The van der Waals surface area contributed by atoms with Crippen molar-refractivity contribution >= 4 is 11.9 Å². The number of phenols is 1. The van der Waals surface area contributed by atoms with Gasteiger partial charge >= 0.3 is 11.9 Å². The van der Waals surface area contributed by atoms with Crippen LogP contribution in [0.3, 0.4) is 0 Å². The Balaban J connectivity index is 3.26. The first-order valence-corrected chi connectivity index (χ1v) is 5.93. The molecule has 6 nitrogen and oxygen atoms in total. The summed E-state index contributed by atoms with van der Waals surface area (Å²) in [5.41, 5.74) is 5.23. The number of ether oxygens (including phenoxy) is 1. The van der Waals surface area contributed by atoms with E-state index in [2.05, 4.69) is 4.74 Å². The molecule has 0 saturated carbocycles. The van der Waals surface area contributed by atoms with Gasteiger partial charge in [-0.2, -0.15) is 0 Å². The number of esters is 1. The van der Waals surface area contributed by atoms with E-state index in [9.17, 15) is 19.1 Å². The van der Waals surface area contributed by atoms with Crippen LogP contribution in [-0.2, 0) is 9.53 Å². The van der Waals surface area contributed by atoms with Crippen molar-refractivity contribution in [3.63, 3.8) is 0 Å². The van der Waals surface area contributed by atoms with Crippen molar-refractivity contribution in [1.82, 2.24) is 0 Å². The lowest BCUT2D eigenvalue weighted by molar-refractivity contribution is -0.149. The minimum absolute atomic E-state index is 0.0302. The van der Waals surface area contributed by atoms with Crippen LogP contribution < -0.4 is 5.73 Å². The number of hydrogen-bond donors (Lipinski definition) is 3. The summed E-state index contributed by atoms with van der Waals surface area (Å²) >= 11 is 0.